The third-order valence-corrected chi connectivity index (χ3v) is 2.83. The van der Waals surface area contributed by atoms with Crippen LogP contribution in [-0.4, -0.2) is 30.8 Å². The largest absolute Gasteiger partial charge is 0.462 e. The summed E-state index contributed by atoms with van der Waals surface area (Å²) in [4.78, 5) is 10.8. The highest BCUT2D eigenvalue weighted by Crippen LogP contribution is 2.02. The van der Waals surface area contributed by atoms with Crippen LogP contribution in [0.15, 0.2) is 12.2 Å². The maximum absolute atomic E-state index is 10.8. The van der Waals surface area contributed by atoms with Crippen LogP contribution < -0.4 is 0 Å². The molecule has 0 rings (SSSR count). The van der Waals surface area contributed by atoms with Gasteiger partial charge in [0, 0.05) is 12.5 Å². The Morgan fingerprint density at radius 2 is 2.14 bits per heavy atom. The van der Waals surface area contributed by atoms with Crippen molar-refractivity contribution < 1.29 is 22.5 Å². The number of allylic oxidation sites excluding steroid dienone is 1. The first-order chi connectivity index (χ1) is 6.38. The highest BCUT2D eigenvalue weighted by Gasteiger charge is 2.16. The van der Waals surface area contributed by atoms with Crippen molar-refractivity contribution in [1.82, 2.24) is 0 Å². The van der Waals surface area contributed by atoms with E-state index in [0.717, 1.165) is 0 Å². The first-order valence-electron chi connectivity index (χ1n) is 4.13. The molecule has 0 amide bonds. The number of esters is 1. The highest BCUT2D eigenvalue weighted by molar-refractivity contribution is 7.86. The predicted molar refractivity (Wildman–Crippen MR) is 51.4 cm³/mol. The molecule has 0 aromatic rings. The van der Waals surface area contributed by atoms with Gasteiger partial charge in [0.2, 0.25) is 0 Å². The molecule has 1 unspecified atom stereocenters. The first kappa shape index (κ1) is 13.1. The third kappa shape index (κ3) is 5.71. The average molecular weight is 222 g/mol. The van der Waals surface area contributed by atoms with Gasteiger partial charge in [-0.25, -0.2) is 4.79 Å². The van der Waals surface area contributed by atoms with E-state index in [0.29, 0.717) is 0 Å². The fourth-order valence-electron chi connectivity index (χ4n) is 0.659. The smallest absolute Gasteiger partial charge is 0.330 e. The van der Waals surface area contributed by atoms with Crippen LogP contribution in [-0.2, 0) is 19.6 Å². The summed E-state index contributed by atoms with van der Waals surface area (Å²) < 4.78 is 34.3. The summed E-state index contributed by atoms with van der Waals surface area (Å²) in [6.07, 6.45) is 2.84. The molecule has 1 atom stereocenters. The first-order valence-corrected chi connectivity index (χ1v) is 5.64. The van der Waals surface area contributed by atoms with Crippen molar-refractivity contribution in [1.29, 1.82) is 0 Å². The Bertz CT molecular complexity index is 304. The van der Waals surface area contributed by atoms with E-state index in [1.165, 1.54) is 19.1 Å². The van der Waals surface area contributed by atoms with Crippen LogP contribution in [0, 0.1) is 0 Å². The van der Waals surface area contributed by atoms with Crippen LogP contribution in [0.4, 0.5) is 0 Å². The zero-order chi connectivity index (χ0) is 11.2. The Kier molecular flexibility index (Phi) is 5.40. The summed E-state index contributed by atoms with van der Waals surface area (Å²) in [6, 6.07) is 0. The summed E-state index contributed by atoms with van der Waals surface area (Å²) in [5.41, 5.74) is 0. The third-order valence-electron chi connectivity index (χ3n) is 1.58. The van der Waals surface area contributed by atoms with Gasteiger partial charge in [-0.05, 0) is 13.8 Å². The fraction of sp³-hybridized carbons (Fsp3) is 0.625. The zero-order valence-corrected chi connectivity index (χ0v) is 8.95. The van der Waals surface area contributed by atoms with Gasteiger partial charge in [0.15, 0.2) is 0 Å². The highest BCUT2D eigenvalue weighted by atomic mass is 32.2. The fourth-order valence-corrected chi connectivity index (χ4v) is 1.05. The van der Waals surface area contributed by atoms with E-state index >= 15 is 0 Å². The van der Waals surface area contributed by atoms with Gasteiger partial charge in [0.1, 0.15) is 0 Å². The Labute approximate surface area is 83.5 Å². The van der Waals surface area contributed by atoms with Gasteiger partial charge >= 0.3 is 5.97 Å². The number of hydrogen-bond acceptors (Lipinski definition) is 4. The van der Waals surface area contributed by atoms with Crippen molar-refractivity contribution in [2.45, 2.75) is 25.5 Å². The Morgan fingerprint density at radius 3 is 2.57 bits per heavy atom. The molecule has 6 heteroatoms. The molecule has 5 nitrogen and oxygen atoms in total. The number of hydrogen-bond donors (Lipinski definition) is 1. The minimum atomic E-state index is -4.02. The number of carbonyl (C=O) groups excluding carboxylic acids is 1. The second kappa shape index (κ2) is 5.77. The minimum Gasteiger partial charge on any atom is -0.462 e. The van der Waals surface area contributed by atoms with Gasteiger partial charge in [-0.1, -0.05) is 6.08 Å². The van der Waals surface area contributed by atoms with Crippen LogP contribution in [0.2, 0.25) is 0 Å². The summed E-state index contributed by atoms with van der Waals surface area (Å²) >= 11 is 0. The van der Waals surface area contributed by atoms with Gasteiger partial charge in [-0.2, -0.15) is 8.42 Å². The van der Waals surface area contributed by atoms with Crippen LogP contribution in [0.1, 0.15) is 20.3 Å². The average Bonchev–Trinajstić information content (AvgIpc) is 2.02. The van der Waals surface area contributed by atoms with Crippen molar-refractivity contribution in [2.24, 2.45) is 0 Å². The van der Waals surface area contributed by atoms with Crippen molar-refractivity contribution in [3.05, 3.63) is 12.2 Å². The van der Waals surface area contributed by atoms with Crippen molar-refractivity contribution in [3.63, 3.8) is 0 Å². The second-order valence-corrected chi connectivity index (χ2v) is 4.62. The molecular formula is C8H14O5S. The maximum Gasteiger partial charge on any atom is 0.330 e. The van der Waals surface area contributed by atoms with Crippen LogP contribution >= 0.6 is 0 Å². The summed E-state index contributed by atoms with van der Waals surface area (Å²) in [5, 5.41) is -0.916. The van der Waals surface area contributed by atoms with Crippen LogP contribution in [0.5, 0.6) is 0 Å². The molecule has 0 aromatic carbocycles. The molecule has 82 valence electrons. The lowest BCUT2D eigenvalue weighted by Crippen LogP contribution is -2.19. The topological polar surface area (TPSA) is 80.7 Å². The van der Waals surface area contributed by atoms with Gasteiger partial charge in [0.25, 0.3) is 10.1 Å². The van der Waals surface area contributed by atoms with Crippen molar-refractivity contribution in [3.8, 4) is 0 Å². The minimum absolute atomic E-state index is 0.0237. The molecule has 0 saturated carbocycles. The summed E-state index contributed by atoms with van der Waals surface area (Å²) in [6.45, 7) is 2.99. The quantitative estimate of drug-likeness (QED) is 0.422. The maximum atomic E-state index is 10.8. The van der Waals surface area contributed by atoms with E-state index in [1.54, 1.807) is 6.92 Å². The standard InChI is InChI=1S/C8H14O5S/c1-3-4-8(9)13-6-5-7(2)14(10,11)12/h3-4,7H,5-6H2,1-2H3,(H,10,11,12). The molecule has 0 heterocycles. The van der Waals surface area contributed by atoms with E-state index in [1.807, 2.05) is 0 Å². The summed E-state index contributed by atoms with van der Waals surface area (Å²) in [7, 11) is -4.02. The second-order valence-electron chi connectivity index (χ2n) is 2.78. The molecule has 0 radical (unpaired) electrons. The molecule has 0 aliphatic rings. The monoisotopic (exact) mass is 222 g/mol. The van der Waals surface area contributed by atoms with Crippen molar-refractivity contribution in [2.75, 3.05) is 6.61 Å². The molecule has 0 aliphatic carbocycles. The molecular weight excluding hydrogens is 208 g/mol. The van der Waals surface area contributed by atoms with Gasteiger partial charge < -0.3 is 4.74 Å². The molecule has 0 saturated heterocycles. The van der Waals surface area contributed by atoms with E-state index in [4.69, 9.17) is 4.55 Å². The predicted octanol–water partition coefficient (Wildman–Crippen LogP) is 0.772. The summed E-state index contributed by atoms with van der Waals surface area (Å²) in [5.74, 6) is -0.518. The molecule has 0 aliphatic heterocycles. The Morgan fingerprint density at radius 1 is 1.57 bits per heavy atom. The zero-order valence-electron chi connectivity index (χ0n) is 8.13. The normalized spacial score (nSPS) is 14.2. The van der Waals surface area contributed by atoms with Gasteiger partial charge in [-0.15, -0.1) is 0 Å². The number of carbonyl (C=O) groups is 1. The molecule has 0 fully saturated rings. The van der Waals surface area contributed by atoms with E-state index in [2.05, 4.69) is 4.74 Å². The molecule has 0 spiro atoms. The van der Waals surface area contributed by atoms with Crippen molar-refractivity contribution >= 4 is 16.1 Å². The van der Waals surface area contributed by atoms with Gasteiger partial charge in [0.05, 0.1) is 11.9 Å². The lowest BCUT2D eigenvalue weighted by atomic mass is 10.3. The molecule has 0 aromatic heterocycles. The van der Waals surface area contributed by atoms with Gasteiger partial charge in [-0.3, -0.25) is 4.55 Å². The SMILES string of the molecule is CC=CC(=O)OCCC(C)S(=O)(=O)O. The Balaban J connectivity index is 3.81. The van der Waals surface area contributed by atoms with Crippen LogP contribution in [0.25, 0.3) is 0 Å². The molecule has 14 heavy (non-hydrogen) atoms. The number of ether oxygens (including phenoxy) is 1. The van der Waals surface area contributed by atoms with E-state index < -0.39 is 21.3 Å². The van der Waals surface area contributed by atoms with E-state index in [-0.39, 0.29) is 13.0 Å². The lowest BCUT2D eigenvalue weighted by molar-refractivity contribution is -0.137. The van der Waals surface area contributed by atoms with E-state index in [9.17, 15) is 13.2 Å². The lowest BCUT2D eigenvalue weighted by Gasteiger charge is -2.07. The number of rotatable bonds is 5. The van der Waals surface area contributed by atoms with Crippen LogP contribution in [0.3, 0.4) is 0 Å². The molecule has 0 bridgehead atoms. The Hall–Kier alpha value is -0.880. The molecule has 1 N–H and O–H groups in total.